The maximum Gasteiger partial charge on any atom is 0.0594 e. The minimum atomic E-state index is 0.878. The summed E-state index contributed by atoms with van der Waals surface area (Å²) in [6.45, 7) is 6.96. The van der Waals surface area contributed by atoms with E-state index < -0.39 is 0 Å². The molecule has 1 aromatic heterocycles. The molecule has 2 aromatic rings. The fourth-order valence-corrected chi connectivity index (χ4v) is 2.85. The zero-order valence-electron chi connectivity index (χ0n) is 12.1. The van der Waals surface area contributed by atoms with Gasteiger partial charge in [0.05, 0.1) is 13.2 Å². The summed E-state index contributed by atoms with van der Waals surface area (Å²) in [5, 5.41) is 4.91. The second-order valence-corrected chi connectivity index (χ2v) is 5.41. The van der Waals surface area contributed by atoms with Gasteiger partial charge in [0.25, 0.3) is 0 Å². The molecule has 108 valence electrons. The van der Waals surface area contributed by atoms with E-state index in [1.54, 1.807) is 0 Å². The van der Waals surface area contributed by atoms with Crippen molar-refractivity contribution in [3.8, 4) is 0 Å². The van der Waals surface area contributed by atoms with Crippen molar-refractivity contribution >= 4 is 10.9 Å². The number of nitrogens with zero attached hydrogens (tertiary/aromatic N) is 2. The zero-order valence-corrected chi connectivity index (χ0v) is 12.1. The summed E-state index contributed by atoms with van der Waals surface area (Å²) in [6, 6.07) is 8.58. The van der Waals surface area contributed by atoms with E-state index in [1.807, 2.05) is 0 Å². The summed E-state index contributed by atoms with van der Waals surface area (Å²) in [6.07, 6.45) is 2.23. The molecule has 1 N–H and O–H groups in total. The number of ether oxygens (including phenoxy) is 1. The number of morpholine rings is 1. The second kappa shape index (κ2) is 6.39. The molecule has 0 bridgehead atoms. The third-order valence-corrected chi connectivity index (χ3v) is 4.00. The van der Waals surface area contributed by atoms with Crippen LogP contribution in [0.5, 0.6) is 0 Å². The molecule has 0 amide bonds. The predicted octanol–water partition coefficient (Wildman–Crippen LogP) is 1.60. The van der Waals surface area contributed by atoms with Crippen LogP contribution in [0.4, 0.5) is 0 Å². The van der Waals surface area contributed by atoms with Crippen LogP contribution in [-0.2, 0) is 18.3 Å². The van der Waals surface area contributed by atoms with E-state index in [2.05, 4.69) is 52.3 Å². The fourth-order valence-electron chi connectivity index (χ4n) is 2.85. The first-order valence-electron chi connectivity index (χ1n) is 7.38. The van der Waals surface area contributed by atoms with Crippen LogP contribution in [0.1, 0.15) is 5.56 Å². The summed E-state index contributed by atoms with van der Waals surface area (Å²) < 4.78 is 7.56. The lowest BCUT2D eigenvalue weighted by molar-refractivity contribution is 0.0384. The SMILES string of the molecule is Cn1cc(CNCCN2CCOCC2)c2ccccc21. The van der Waals surface area contributed by atoms with E-state index in [-0.39, 0.29) is 0 Å². The van der Waals surface area contributed by atoms with Crippen molar-refractivity contribution in [3.63, 3.8) is 0 Å². The van der Waals surface area contributed by atoms with E-state index in [0.717, 1.165) is 45.9 Å². The van der Waals surface area contributed by atoms with Crippen LogP contribution in [0.15, 0.2) is 30.5 Å². The fraction of sp³-hybridized carbons (Fsp3) is 0.500. The van der Waals surface area contributed by atoms with Gasteiger partial charge in [-0.3, -0.25) is 4.90 Å². The van der Waals surface area contributed by atoms with Gasteiger partial charge in [0, 0.05) is 56.9 Å². The smallest absolute Gasteiger partial charge is 0.0594 e. The molecule has 1 aliphatic heterocycles. The van der Waals surface area contributed by atoms with Crippen molar-refractivity contribution in [1.29, 1.82) is 0 Å². The number of benzene rings is 1. The van der Waals surface area contributed by atoms with Crippen LogP contribution in [0.25, 0.3) is 10.9 Å². The van der Waals surface area contributed by atoms with Crippen molar-refractivity contribution in [2.45, 2.75) is 6.54 Å². The van der Waals surface area contributed by atoms with Crippen LogP contribution >= 0.6 is 0 Å². The molecule has 2 heterocycles. The largest absolute Gasteiger partial charge is 0.379 e. The van der Waals surface area contributed by atoms with Gasteiger partial charge in [0.1, 0.15) is 0 Å². The molecule has 1 fully saturated rings. The van der Waals surface area contributed by atoms with Crippen molar-refractivity contribution in [1.82, 2.24) is 14.8 Å². The number of para-hydroxylation sites is 1. The third kappa shape index (κ3) is 3.03. The molecule has 0 saturated carbocycles. The number of aromatic nitrogens is 1. The predicted molar refractivity (Wildman–Crippen MR) is 81.9 cm³/mol. The summed E-state index contributed by atoms with van der Waals surface area (Å²) in [7, 11) is 2.11. The monoisotopic (exact) mass is 273 g/mol. The molecule has 1 aliphatic rings. The Labute approximate surface area is 120 Å². The number of hydrogen-bond acceptors (Lipinski definition) is 3. The van der Waals surface area contributed by atoms with Crippen molar-refractivity contribution < 1.29 is 4.74 Å². The molecular weight excluding hydrogens is 250 g/mol. The summed E-state index contributed by atoms with van der Waals surface area (Å²) in [5.74, 6) is 0. The van der Waals surface area contributed by atoms with Gasteiger partial charge in [-0.05, 0) is 11.6 Å². The Morgan fingerprint density at radius 3 is 2.85 bits per heavy atom. The average Bonchev–Trinajstić information content (AvgIpc) is 2.82. The van der Waals surface area contributed by atoms with E-state index in [1.165, 1.54) is 16.5 Å². The molecule has 1 saturated heterocycles. The van der Waals surface area contributed by atoms with Crippen LogP contribution in [0.3, 0.4) is 0 Å². The molecule has 4 nitrogen and oxygen atoms in total. The zero-order chi connectivity index (χ0) is 13.8. The molecule has 0 radical (unpaired) electrons. The van der Waals surface area contributed by atoms with Gasteiger partial charge in [-0.2, -0.15) is 0 Å². The summed E-state index contributed by atoms with van der Waals surface area (Å²) in [5.41, 5.74) is 2.68. The quantitative estimate of drug-likeness (QED) is 0.839. The van der Waals surface area contributed by atoms with Crippen LogP contribution in [-0.4, -0.2) is 48.9 Å². The van der Waals surface area contributed by atoms with Gasteiger partial charge in [-0.25, -0.2) is 0 Å². The number of nitrogens with one attached hydrogen (secondary N) is 1. The third-order valence-electron chi connectivity index (χ3n) is 4.00. The van der Waals surface area contributed by atoms with Crippen molar-refractivity contribution in [2.75, 3.05) is 39.4 Å². The highest BCUT2D eigenvalue weighted by Crippen LogP contribution is 2.19. The minimum absolute atomic E-state index is 0.878. The van der Waals surface area contributed by atoms with Gasteiger partial charge >= 0.3 is 0 Å². The maximum absolute atomic E-state index is 5.36. The highest BCUT2D eigenvalue weighted by molar-refractivity contribution is 5.83. The van der Waals surface area contributed by atoms with E-state index in [0.29, 0.717) is 0 Å². The van der Waals surface area contributed by atoms with Gasteiger partial charge in [0.15, 0.2) is 0 Å². The Bertz CT molecular complexity index is 558. The molecule has 0 aliphatic carbocycles. The van der Waals surface area contributed by atoms with Gasteiger partial charge < -0.3 is 14.6 Å². The van der Waals surface area contributed by atoms with E-state index in [4.69, 9.17) is 4.74 Å². The number of fused-ring (bicyclic) bond motifs is 1. The van der Waals surface area contributed by atoms with Crippen LogP contribution in [0, 0.1) is 0 Å². The van der Waals surface area contributed by atoms with E-state index >= 15 is 0 Å². The molecule has 1 aromatic carbocycles. The first-order valence-corrected chi connectivity index (χ1v) is 7.38. The normalized spacial score (nSPS) is 16.9. The standard InChI is InChI=1S/C16H23N3O/c1-18-13-14(15-4-2-3-5-16(15)18)12-17-6-7-19-8-10-20-11-9-19/h2-5,13,17H,6-12H2,1H3. The highest BCUT2D eigenvalue weighted by atomic mass is 16.5. The lowest BCUT2D eigenvalue weighted by Gasteiger charge is -2.26. The molecule has 0 unspecified atom stereocenters. The van der Waals surface area contributed by atoms with Gasteiger partial charge in [-0.1, -0.05) is 18.2 Å². The first-order chi connectivity index (χ1) is 9.84. The van der Waals surface area contributed by atoms with Gasteiger partial charge in [-0.15, -0.1) is 0 Å². The van der Waals surface area contributed by atoms with Crippen molar-refractivity contribution in [3.05, 3.63) is 36.0 Å². The van der Waals surface area contributed by atoms with Gasteiger partial charge in [0.2, 0.25) is 0 Å². The molecule has 20 heavy (non-hydrogen) atoms. The Hall–Kier alpha value is -1.36. The maximum atomic E-state index is 5.36. The van der Waals surface area contributed by atoms with Crippen LogP contribution in [0.2, 0.25) is 0 Å². The molecule has 0 atom stereocenters. The van der Waals surface area contributed by atoms with Crippen molar-refractivity contribution in [2.24, 2.45) is 7.05 Å². The van der Waals surface area contributed by atoms with Crippen LogP contribution < -0.4 is 5.32 Å². The minimum Gasteiger partial charge on any atom is -0.379 e. The highest BCUT2D eigenvalue weighted by Gasteiger charge is 2.09. The molecule has 0 spiro atoms. The number of rotatable bonds is 5. The Balaban J connectivity index is 1.52. The lowest BCUT2D eigenvalue weighted by atomic mass is 10.2. The summed E-state index contributed by atoms with van der Waals surface area (Å²) >= 11 is 0. The Kier molecular flexibility index (Phi) is 4.35. The summed E-state index contributed by atoms with van der Waals surface area (Å²) in [4.78, 5) is 2.46. The Morgan fingerprint density at radius 1 is 1.20 bits per heavy atom. The Morgan fingerprint density at radius 2 is 2.00 bits per heavy atom. The topological polar surface area (TPSA) is 29.4 Å². The second-order valence-electron chi connectivity index (χ2n) is 5.41. The molecular formula is C16H23N3O. The molecule has 3 rings (SSSR count). The first kappa shape index (κ1) is 13.6. The molecule has 4 heteroatoms. The van der Waals surface area contributed by atoms with E-state index in [9.17, 15) is 0 Å². The number of hydrogen-bond donors (Lipinski definition) is 1. The lowest BCUT2D eigenvalue weighted by Crippen LogP contribution is -2.40. The number of aryl methyl sites for hydroxylation is 1. The average molecular weight is 273 g/mol.